The van der Waals surface area contributed by atoms with Gasteiger partial charge in [-0.3, -0.25) is 0 Å². The molecule has 142 valence electrons. The Balaban J connectivity index is 1.65. The highest BCUT2D eigenvalue weighted by Gasteiger charge is 2.25. The van der Waals surface area contributed by atoms with E-state index in [0.29, 0.717) is 4.90 Å². The van der Waals surface area contributed by atoms with Crippen molar-refractivity contribution in [2.45, 2.75) is 50.0 Å². The summed E-state index contributed by atoms with van der Waals surface area (Å²) in [7, 11) is -2.85. The van der Waals surface area contributed by atoms with Crippen molar-refractivity contribution in [3.8, 4) is 0 Å². The fourth-order valence-corrected chi connectivity index (χ4v) is 5.26. The molecule has 0 radical (unpaired) electrons. The maximum absolute atomic E-state index is 13.0. The van der Waals surface area contributed by atoms with Crippen LogP contribution in [0.5, 0.6) is 0 Å². The first-order valence-electron chi connectivity index (χ1n) is 9.37. The van der Waals surface area contributed by atoms with Gasteiger partial charge >= 0.3 is 6.03 Å². The van der Waals surface area contributed by atoms with Crippen molar-refractivity contribution in [1.29, 1.82) is 0 Å². The van der Waals surface area contributed by atoms with Crippen molar-refractivity contribution >= 4 is 21.4 Å². The fourth-order valence-electron chi connectivity index (χ4n) is 4.16. The molecule has 0 saturated carbocycles. The zero-order chi connectivity index (χ0) is 19.0. The smallest absolute Gasteiger partial charge is 0.353 e. The van der Waals surface area contributed by atoms with Crippen LogP contribution in [0.4, 0.5) is 10.5 Å². The molecule has 2 amide bonds. The number of anilines is 1. The normalized spacial score (nSPS) is 17.1. The van der Waals surface area contributed by atoms with Crippen LogP contribution in [0.1, 0.15) is 40.7 Å². The quantitative estimate of drug-likeness (QED) is 0.844. The van der Waals surface area contributed by atoms with Gasteiger partial charge in [-0.2, -0.15) is 0 Å². The van der Waals surface area contributed by atoms with E-state index >= 15 is 0 Å². The molecule has 0 aliphatic heterocycles. The summed E-state index contributed by atoms with van der Waals surface area (Å²) >= 11 is 0. The molecular weight excluding hydrogens is 360 g/mol. The number of fused-ring (bicyclic) bond motifs is 2. The van der Waals surface area contributed by atoms with Crippen LogP contribution in [0.25, 0.3) is 0 Å². The lowest BCUT2D eigenvalue weighted by Gasteiger charge is -2.15. The average Bonchev–Trinajstić information content (AvgIpc) is 3.30. The van der Waals surface area contributed by atoms with Gasteiger partial charge in [0.2, 0.25) is 0 Å². The van der Waals surface area contributed by atoms with E-state index in [0.717, 1.165) is 49.8 Å². The van der Waals surface area contributed by atoms with Crippen molar-refractivity contribution in [3.05, 3.63) is 58.1 Å². The first-order chi connectivity index (χ1) is 13.0. The Kier molecular flexibility index (Phi) is 4.78. The van der Waals surface area contributed by atoms with Crippen LogP contribution in [0, 0.1) is 0 Å². The lowest BCUT2D eigenvalue weighted by molar-refractivity contribution is 0.260. The Morgan fingerprint density at radius 1 is 1.07 bits per heavy atom. The van der Waals surface area contributed by atoms with Crippen molar-refractivity contribution in [2.75, 3.05) is 11.6 Å². The summed E-state index contributed by atoms with van der Waals surface area (Å²) in [6, 6.07) is 8.46. The van der Waals surface area contributed by atoms with Crippen LogP contribution in [0.2, 0.25) is 0 Å². The number of hydrogen-bond donors (Lipinski definition) is 2. The van der Waals surface area contributed by atoms with Gasteiger partial charge in [-0.1, -0.05) is 18.2 Å². The zero-order valence-electron chi connectivity index (χ0n) is 15.5. The number of carbonyl (C=O) groups is 1. The van der Waals surface area contributed by atoms with E-state index in [1.807, 2.05) is 0 Å². The second kappa shape index (κ2) is 7.09. The summed E-state index contributed by atoms with van der Waals surface area (Å²) in [6.45, 7) is -0.0763. The molecule has 0 saturated heterocycles. The summed E-state index contributed by atoms with van der Waals surface area (Å²) in [5.74, 6) is 0. The number of benzene rings is 2. The molecule has 0 bridgehead atoms. The summed E-state index contributed by atoms with van der Waals surface area (Å²) in [5.41, 5.74) is 6.78. The van der Waals surface area contributed by atoms with E-state index in [2.05, 4.69) is 15.7 Å². The minimum atomic E-state index is -2.85. The van der Waals surface area contributed by atoms with Crippen molar-refractivity contribution in [1.82, 2.24) is 0 Å². The largest absolute Gasteiger partial charge is 0.392 e. The highest BCUT2D eigenvalue weighted by Crippen LogP contribution is 2.38. The number of urea groups is 1. The van der Waals surface area contributed by atoms with Gasteiger partial charge < -0.3 is 10.4 Å². The van der Waals surface area contributed by atoms with Crippen LogP contribution < -0.4 is 5.32 Å². The van der Waals surface area contributed by atoms with E-state index < -0.39 is 15.8 Å². The Hall–Kier alpha value is -2.18. The topological polar surface area (TPSA) is 78.8 Å². The highest BCUT2D eigenvalue weighted by atomic mass is 32.2. The molecule has 1 atom stereocenters. The van der Waals surface area contributed by atoms with E-state index in [4.69, 9.17) is 5.11 Å². The molecule has 2 aromatic carbocycles. The van der Waals surface area contributed by atoms with Gasteiger partial charge in [0.1, 0.15) is 0 Å². The molecule has 0 heterocycles. The minimum absolute atomic E-state index is 0.0763. The predicted octanol–water partition coefficient (Wildman–Crippen LogP) is 3.85. The number of rotatable bonds is 3. The maximum atomic E-state index is 13.0. The number of carbonyl (C=O) groups excluding carboxylic acids is 1. The van der Waals surface area contributed by atoms with Crippen molar-refractivity contribution < 1.29 is 14.1 Å². The summed E-state index contributed by atoms with van der Waals surface area (Å²) in [5, 5.41) is 12.1. The fraction of sp³-hybridized carbons (Fsp3) is 0.381. The van der Waals surface area contributed by atoms with Gasteiger partial charge in [-0.15, -0.1) is 4.36 Å². The first kappa shape index (κ1) is 18.2. The van der Waals surface area contributed by atoms with Gasteiger partial charge in [0.05, 0.1) is 16.3 Å². The molecule has 6 heteroatoms. The molecule has 0 aromatic heterocycles. The van der Waals surface area contributed by atoms with E-state index in [1.54, 1.807) is 24.3 Å². The zero-order valence-corrected chi connectivity index (χ0v) is 16.3. The predicted molar refractivity (Wildman–Crippen MR) is 107 cm³/mol. The number of hydrogen-bond acceptors (Lipinski definition) is 3. The van der Waals surface area contributed by atoms with Crippen LogP contribution in [0.3, 0.4) is 0 Å². The molecule has 0 spiro atoms. The molecule has 2 aliphatic carbocycles. The molecule has 5 nitrogen and oxygen atoms in total. The molecular formula is C21H24N2O3S. The van der Waals surface area contributed by atoms with Crippen LogP contribution >= 0.6 is 0 Å². The van der Waals surface area contributed by atoms with Crippen LogP contribution in [0.15, 0.2) is 39.6 Å². The van der Waals surface area contributed by atoms with E-state index in [-0.39, 0.29) is 6.61 Å². The number of nitrogens with one attached hydrogen (secondary N) is 1. The van der Waals surface area contributed by atoms with Crippen LogP contribution in [-0.2, 0) is 42.0 Å². The first-order valence-corrected chi connectivity index (χ1v) is 11.3. The lowest BCUT2D eigenvalue weighted by atomic mass is 9.99. The van der Waals surface area contributed by atoms with E-state index in [9.17, 15) is 9.00 Å². The molecule has 0 fully saturated rings. The Bertz CT molecular complexity index is 986. The average molecular weight is 385 g/mol. The lowest BCUT2D eigenvalue weighted by Crippen LogP contribution is -2.13. The van der Waals surface area contributed by atoms with Gasteiger partial charge in [0, 0.05) is 16.8 Å². The molecule has 2 aromatic rings. The Morgan fingerprint density at radius 3 is 2.22 bits per heavy atom. The third kappa shape index (κ3) is 3.51. The Morgan fingerprint density at radius 2 is 1.67 bits per heavy atom. The summed E-state index contributed by atoms with van der Waals surface area (Å²) < 4.78 is 17.0. The Labute approximate surface area is 160 Å². The number of aliphatic hydroxyl groups excluding tert-OH is 1. The number of aliphatic hydroxyl groups is 1. The highest BCUT2D eigenvalue weighted by molar-refractivity contribution is 7.93. The molecule has 27 heavy (non-hydrogen) atoms. The SMILES string of the molecule is CS(=O)(=NC(=O)Nc1c2c(cc3c1CCC3)CCC2)c1ccc(CO)cc1. The standard InChI is InChI=1S/C21H24N2O3S/c1-27(26,17-10-8-14(13-24)9-11-17)23-21(25)22-20-18-6-2-4-15(18)12-16-5-3-7-19(16)20/h8-12,24H,2-7,13H2,1H3,(H,22,25). The monoisotopic (exact) mass is 384 g/mol. The number of aryl methyl sites for hydroxylation is 2. The molecule has 4 rings (SSSR count). The maximum Gasteiger partial charge on any atom is 0.353 e. The van der Waals surface area contributed by atoms with Gasteiger partial charge in [0.25, 0.3) is 0 Å². The second-order valence-electron chi connectivity index (χ2n) is 7.36. The van der Waals surface area contributed by atoms with Crippen molar-refractivity contribution in [2.24, 2.45) is 4.36 Å². The summed E-state index contributed by atoms with van der Waals surface area (Å²) in [6.07, 6.45) is 7.76. The van der Waals surface area contributed by atoms with Gasteiger partial charge in [-0.25, -0.2) is 9.00 Å². The van der Waals surface area contributed by atoms with Gasteiger partial charge in [-0.05, 0) is 78.5 Å². The third-order valence-electron chi connectivity index (χ3n) is 5.51. The molecule has 2 N–H and O–H groups in total. The minimum Gasteiger partial charge on any atom is -0.392 e. The van der Waals surface area contributed by atoms with Crippen LogP contribution in [-0.4, -0.2) is 21.6 Å². The van der Waals surface area contributed by atoms with Gasteiger partial charge in [0.15, 0.2) is 0 Å². The second-order valence-corrected chi connectivity index (χ2v) is 9.62. The van der Waals surface area contributed by atoms with Crippen molar-refractivity contribution in [3.63, 3.8) is 0 Å². The molecule has 1 unspecified atom stereocenters. The summed E-state index contributed by atoms with van der Waals surface area (Å²) in [4.78, 5) is 13.1. The molecule has 2 aliphatic rings. The van der Waals surface area contributed by atoms with E-state index in [1.165, 1.54) is 28.5 Å². The third-order valence-corrected chi connectivity index (χ3v) is 7.17. The number of nitrogens with zero attached hydrogens (tertiary/aromatic N) is 1. The number of amides is 2.